The molecule has 0 saturated heterocycles. The number of ether oxygens (including phenoxy) is 2. The fourth-order valence-electron chi connectivity index (χ4n) is 3.28. The minimum Gasteiger partial charge on any atom is -0.497 e. The van der Waals surface area contributed by atoms with Gasteiger partial charge in [0.25, 0.3) is 11.8 Å². The van der Waals surface area contributed by atoms with Gasteiger partial charge in [0.1, 0.15) is 11.5 Å². The monoisotopic (exact) mass is 417 g/mol. The lowest BCUT2D eigenvalue weighted by Crippen LogP contribution is -2.31. The van der Waals surface area contributed by atoms with E-state index in [4.69, 9.17) is 9.47 Å². The molecule has 4 rings (SSSR count). The van der Waals surface area contributed by atoms with Gasteiger partial charge in [0.05, 0.1) is 30.4 Å². The lowest BCUT2D eigenvalue weighted by Gasteiger charge is -2.16. The minimum atomic E-state index is -0.392. The highest BCUT2D eigenvalue weighted by atomic mass is 32.2. The van der Waals surface area contributed by atoms with Crippen LogP contribution in [0.2, 0.25) is 0 Å². The third-order valence-electron chi connectivity index (χ3n) is 4.69. The average molecular weight is 417 g/mol. The molecule has 1 aliphatic rings. The number of hydrogen-bond donors (Lipinski definition) is 0. The van der Waals surface area contributed by atoms with Crippen LogP contribution in [0.25, 0.3) is 5.57 Å². The van der Waals surface area contributed by atoms with E-state index in [9.17, 15) is 9.59 Å². The predicted octanol–water partition coefficient (Wildman–Crippen LogP) is 4.78. The summed E-state index contributed by atoms with van der Waals surface area (Å²) in [5, 5.41) is 0. The van der Waals surface area contributed by atoms with Crippen LogP contribution >= 0.6 is 11.8 Å². The maximum Gasteiger partial charge on any atom is 0.272 e. The summed E-state index contributed by atoms with van der Waals surface area (Å²) < 4.78 is 10.7. The number of carbonyl (C=O) groups excluding carboxylic acids is 2. The van der Waals surface area contributed by atoms with Crippen molar-refractivity contribution in [2.24, 2.45) is 0 Å². The predicted molar refractivity (Wildman–Crippen MR) is 118 cm³/mol. The second kappa shape index (κ2) is 8.47. The molecule has 1 aliphatic heterocycles. The van der Waals surface area contributed by atoms with Gasteiger partial charge in [-0.15, -0.1) is 0 Å². The van der Waals surface area contributed by atoms with Crippen LogP contribution in [0.4, 0.5) is 5.69 Å². The Morgan fingerprint density at radius 3 is 2.23 bits per heavy atom. The minimum absolute atomic E-state index is 0.328. The molecule has 3 aromatic carbocycles. The molecule has 0 fully saturated rings. The van der Waals surface area contributed by atoms with E-state index in [0.29, 0.717) is 33.2 Å². The maximum atomic E-state index is 13.5. The normalized spacial score (nSPS) is 13.7. The summed E-state index contributed by atoms with van der Waals surface area (Å²) in [6.07, 6.45) is 0. The van der Waals surface area contributed by atoms with E-state index < -0.39 is 5.91 Å². The second-order valence-corrected chi connectivity index (χ2v) is 7.55. The zero-order chi connectivity index (χ0) is 21.1. The van der Waals surface area contributed by atoms with Gasteiger partial charge in [-0.3, -0.25) is 9.59 Å². The van der Waals surface area contributed by atoms with Gasteiger partial charge in [-0.25, -0.2) is 4.90 Å². The summed E-state index contributed by atoms with van der Waals surface area (Å²) in [7, 11) is 3.09. The van der Waals surface area contributed by atoms with E-state index >= 15 is 0 Å². The SMILES string of the molecule is COc1cccc(N2C(=O)C(Sc3ccccc3)=C(c3ccccc3OC)C2=O)c1. The summed E-state index contributed by atoms with van der Waals surface area (Å²) in [5.74, 6) is 0.336. The molecular weight excluding hydrogens is 398 g/mol. The molecule has 0 atom stereocenters. The number of imide groups is 1. The van der Waals surface area contributed by atoms with E-state index in [1.807, 2.05) is 42.5 Å². The van der Waals surface area contributed by atoms with Crippen molar-refractivity contribution in [2.45, 2.75) is 4.90 Å². The maximum absolute atomic E-state index is 13.5. The molecule has 6 heteroatoms. The number of rotatable bonds is 6. The van der Waals surface area contributed by atoms with Crippen LogP contribution < -0.4 is 14.4 Å². The van der Waals surface area contributed by atoms with E-state index in [0.717, 1.165) is 4.90 Å². The third kappa shape index (κ3) is 3.57. The van der Waals surface area contributed by atoms with Crippen molar-refractivity contribution in [3.63, 3.8) is 0 Å². The van der Waals surface area contributed by atoms with Gasteiger partial charge >= 0.3 is 0 Å². The Labute approximate surface area is 178 Å². The molecule has 3 aromatic rings. The summed E-state index contributed by atoms with van der Waals surface area (Å²) in [5.41, 5.74) is 1.37. The van der Waals surface area contributed by atoms with Gasteiger partial charge < -0.3 is 9.47 Å². The number of hydrogen-bond acceptors (Lipinski definition) is 5. The van der Waals surface area contributed by atoms with Crippen LogP contribution in [-0.4, -0.2) is 26.0 Å². The quantitative estimate of drug-likeness (QED) is 0.540. The van der Waals surface area contributed by atoms with E-state index in [-0.39, 0.29) is 5.91 Å². The standard InChI is InChI=1S/C24H19NO4S/c1-28-17-10-8-9-16(15-17)25-23(26)21(19-13-6-7-14-20(19)29-2)22(24(25)27)30-18-11-4-3-5-12-18/h3-15H,1-2H3. The Bertz CT molecular complexity index is 1140. The second-order valence-electron chi connectivity index (χ2n) is 6.47. The summed E-state index contributed by atoms with van der Waals surface area (Å²) >= 11 is 1.27. The number of methoxy groups -OCH3 is 2. The Balaban J connectivity index is 1.86. The Morgan fingerprint density at radius 1 is 0.767 bits per heavy atom. The first-order valence-electron chi connectivity index (χ1n) is 9.27. The van der Waals surface area contributed by atoms with Crippen molar-refractivity contribution in [2.75, 3.05) is 19.1 Å². The van der Waals surface area contributed by atoms with Crippen LogP contribution in [0, 0.1) is 0 Å². The smallest absolute Gasteiger partial charge is 0.272 e. The van der Waals surface area contributed by atoms with Crippen molar-refractivity contribution >= 4 is 34.8 Å². The molecule has 0 radical (unpaired) electrons. The lowest BCUT2D eigenvalue weighted by molar-refractivity contribution is -0.119. The van der Waals surface area contributed by atoms with Gasteiger partial charge in [-0.2, -0.15) is 0 Å². The van der Waals surface area contributed by atoms with Gasteiger partial charge in [0.2, 0.25) is 0 Å². The van der Waals surface area contributed by atoms with E-state index in [1.54, 1.807) is 50.6 Å². The van der Waals surface area contributed by atoms with Crippen molar-refractivity contribution < 1.29 is 19.1 Å². The van der Waals surface area contributed by atoms with E-state index in [1.165, 1.54) is 16.7 Å². The number of para-hydroxylation sites is 1. The Morgan fingerprint density at radius 2 is 1.50 bits per heavy atom. The molecule has 0 N–H and O–H groups in total. The first-order valence-corrected chi connectivity index (χ1v) is 10.1. The number of nitrogens with zero attached hydrogens (tertiary/aromatic N) is 1. The van der Waals surface area contributed by atoms with Crippen molar-refractivity contribution in [3.05, 3.63) is 89.3 Å². The molecule has 0 saturated carbocycles. The molecular formula is C24H19NO4S. The van der Waals surface area contributed by atoms with Gasteiger partial charge in [0, 0.05) is 16.5 Å². The number of anilines is 1. The summed E-state index contributed by atoms with van der Waals surface area (Å²) in [6, 6.07) is 23.6. The summed E-state index contributed by atoms with van der Waals surface area (Å²) in [4.78, 5) is 29.4. The van der Waals surface area contributed by atoms with Crippen molar-refractivity contribution in [1.82, 2.24) is 0 Å². The molecule has 0 aliphatic carbocycles. The molecule has 1 heterocycles. The number of thioether (sulfide) groups is 1. The first kappa shape index (κ1) is 19.8. The van der Waals surface area contributed by atoms with Crippen molar-refractivity contribution in [1.29, 1.82) is 0 Å². The third-order valence-corrected chi connectivity index (χ3v) is 5.78. The van der Waals surface area contributed by atoms with Crippen LogP contribution in [-0.2, 0) is 9.59 Å². The van der Waals surface area contributed by atoms with Gasteiger partial charge in [0.15, 0.2) is 0 Å². The first-order chi connectivity index (χ1) is 14.6. The largest absolute Gasteiger partial charge is 0.497 e. The average Bonchev–Trinajstić information content (AvgIpc) is 3.03. The highest BCUT2D eigenvalue weighted by molar-refractivity contribution is 8.04. The van der Waals surface area contributed by atoms with Crippen LogP contribution in [0.3, 0.4) is 0 Å². The highest BCUT2D eigenvalue weighted by Gasteiger charge is 2.41. The Hall–Kier alpha value is -3.51. The molecule has 2 amide bonds. The molecule has 150 valence electrons. The zero-order valence-electron chi connectivity index (χ0n) is 16.5. The number of amides is 2. The van der Waals surface area contributed by atoms with Gasteiger partial charge in [-0.05, 0) is 30.3 Å². The number of benzene rings is 3. The molecule has 5 nitrogen and oxygen atoms in total. The fraction of sp³-hybridized carbons (Fsp3) is 0.0833. The fourth-order valence-corrected chi connectivity index (χ4v) is 4.29. The van der Waals surface area contributed by atoms with Crippen LogP contribution in [0.5, 0.6) is 11.5 Å². The molecule has 0 aromatic heterocycles. The lowest BCUT2D eigenvalue weighted by atomic mass is 10.0. The molecule has 0 spiro atoms. The molecule has 0 bridgehead atoms. The molecule has 0 unspecified atom stereocenters. The topological polar surface area (TPSA) is 55.8 Å². The van der Waals surface area contributed by atoms with Crippen LogP contribution in [0.1, 0.15) is 5.56 Å². The highest BCUT2D eigenvalue weighted by Crippen LogP contribution is 2.43. The zero-order valence-corrected chi connectivity index (χ0v) is 17.3. The van der Waals surface area contributed by atoms with Gasteiger partial charge in [-0.1, -0.05) is 54.2 Å². The summed E-state index contributed by atoms with van der Waals surface area (Å²) in [6.45, 7) is 0. The number of carbonyl (C=O) groups is 2. The van der Waals surface area contributed by atoms with Crippen LogP contribution in [0.15, 0.2) is 88.7 Å². The Kier molecular flexibility index (Phi) is 5.59. The molecule has 30 heavy (non-hydrogen) atoms. The van der Waals surface area contributed by atoms with Crippen molar-refractivity contribution in [3.8, 4) is 11.5 Å². The van der Waals surface area contributed by atoms with E-state index in [2.05, 4.69) is 0 Å².